The highest BCUT2D eigenvalue weighted by atomic mass is 32.2. The molecule has 0 aliphatic carbocycles. The van der Waals surface area contributed by atoms with Crippen LogP contribution in [0.5, 0.6) is 5.75 Å². The van der Waals surface area contributed by atoms with Crippen molar-refractivity contribution in [3.8, 4) is 5.75 Å². The van der Waals surface area contributed by atoms with E-state index in [1.807, 2.05) is 44.2 Å². The van der Waals surface area contributed by atoms with Crippen molar-refractivity contribution in [3.05, 3.63) is 89.7 Å². The van der Waals surface area contributed by atoms with Crippen molar-refractivity contribution in [3.63, 3.8) is 0 Å². The van der Waals surface area contributed by atoms with E-state index in [2.05, 4.69) is 4.98 Å². The van der Waals surface area contributed by atoms with Gasteiger partial charge in [-0.05, 0) is 43.7 Å². The first-order valence-corrected chi connectivity index (χ1v) is 12.1. The minimum atomic E-state index is -3.91. The van der Waals surface area contributed by atoms with Gasteiger partial charge in [0.25, 0.3) is 10.0 Å². The first kappa shape index (κ1) is 20.7. The van der Waals surface area contributed by atoms with E-state index in [1.165, 1.54) is 3.97 Å². The van der Waals surface area contributed by atoms with Gasteiger partial charge in [-0.25, -0.2) is 17.4 Å². The number of rotatable bonds is 5. The highest BCUT2D eigenvalue weighted by molar-refractivity contribution is 7.90. The summed E-state index contributed by atoms with van der Waals surface area (Å²) in [5, 5.41) is 0.656. The normalized spacial score (nSPS) is 18.3. The van der Waals surface area contributed by atoms with Crippen LogP contribution in [-0.4, -0.2) is 30.3 Å². The Morgan fingerprint density at radius 2 is 1.81 bits per heavy atom. The molecule has 0 bridgehead atoms. The Labute approximate surface area is 187 Å². The molecule has 1 aliphatic rings. The van der Waals surface area contributed by atoms with Gasteiger partial charge in [-0.2, -0.15) is 0 Å². The van der Waals surface area contributed by atoms with Crippen LogP contribution in [0.15, 0.2) is 77.8 Å². The number of benzene rings is 2. The van der Waals surface area contributed by atoms with E-state index in [0.29, 0.717) is 35.5 Å². The minimum Gasteiger partial charge on any atom is -0.462 e. The lowest BCUT2D eigenvalue weighted by molar-refractivity contribution is -0.0889. The minimum absolute atomic E-state index is 0.208. The van der Waals surface area contributed by atoms with Crippen molar-refractivity contribution in [2.75, 3.05) is 6.61 Å². The van der Waals surface area contributed by atoms with E-state index in [9.17, 15) is 8.42 Å². The van der Waals surface area contributed by atoms with Gasteiger partial charge in [0.05, 0.1) is 16.0 Å². The third-order valence-corrected chi connectivity index (χ3v) is 7.51. The van der Waals surface area contributed by atoms with E-state index in [-0.39, 0.29) is 10.8 Å². The molecule has 5 rings (SSSR count). The van der Waals surface area contributed by atoms with Gasteiger partial charge < -0.3 is 9.47 Å². The number of hydrogen-bond acceptors (Lipinski definition) is 5. The highest BCUT2D eigenvalue weighted by Crippen LogP contribution is 2.47. The number of pyridine rings is 1. The molecule has 0 unspecified atom stereocenters. The SMILES string of the molecule is CCO[C@H]1C[C@@H](c2ccc(C)cc2)c2c(c3cccnc3n2S(=O)(=O)c2ccccc2)O1. The van der Waals surface area contributed by atoms with E-state index >= 15 is 0 Å². The Morgan fingerprint density at radius 1 is 1.06 bits per heavy atom. The number of hydrogen-bond donors (Lipinski definition) is 0. The lowest BCUT2D eigenvalue weighted by Gasteiger charge is -2.31. The molecule has 0 radical (unpaired) electrons. The quantitative estimate of drug-likeness (QED) is 0.436. The standard InChI is InChI=1S/C25H24N2O4S/c1-3-30-22-16-21(18-13-11-17(2)12-14-18)23-24(31-22)20-10-7-15-26-25(20)27(23)32(28,29)19-8-5-4-6-9-19/h4-15,21-22H,3,16H2,1-2H3/t21-,22+/m0/s1. The molecule has 2 aromatic heterocycles. The summed E-state index contributed by atoms with van der Waals surface area (Å²) >= 11 is 0. The van der Waals surface area contributed by atoms with Crippen molar-refractivity contribution in [2.24, 2.45) is 0 Å². The molecule has 1 aliphatic heterocycles. The molecule has 7 heteroatoms. The summed E-state index contributed by atoms with van der Waals surface area (Å²) in [5.41, 5.74) is 3.09. The Hall–Kier alpha value is -3.16. The molecule has 4 aromatic rings. The maximum Gasteiger partial charge on any atom is 0.269 e. The Kier molecular flexibility index (Phi) is 5.23. The molecule has 0 saturated carbocycles. The molecule has 0 N–H and O–H groups in total. The maximum atomic E-state index is 13.9. The van der Waals surface area contributed by atoms with Crippen LogP contribution in [-0.2, 0) is 14.8 Å². The van der Waals surface area contributed by atoms with Gasteiger partial charge in [0.2, 0.25) is 6.29 Å². The molecule has 6 nitrogen and oxygen atoms in total. The summed E-state index contributed by atoms with van der Waals surface area (Å²) in [6.45, 7) is 4.45. The molecular formula is C25H24N2O4S. The van der Waals surface area contributed by atoms with E-state index in [4.69, 9.17) is 9.47 Å². The second-order valence-corrected chi connectivity index (χ2v) is 9.66. The molecule has 0 amide bonds. The van der Waals surface area contributed by atoms with Gasteiger partial charge >= 0.3 is 0 Å². The highest BCUT2D eigenvalue weighted by Gasteiger charge is 2.39. The largest absolute Gasteiger partial charge is 0.462 e. The average Bonchev–Trinajstić information content (AvgIpc) is 3.15. The topological polar surface area (TPSA) is 70.4 Å². The summed E-state index contributed by atoms with van der Waals surface area (Å²) in [7, 11) is -3.91. The summed E-state index contributed by atoms with van der Waals surface area (Å²) in [6, 6.07) is 20.2. The fraction of sp³-hybridized carbons (Fsp3) is 0.240. The zero-order chi connectivity index (χ0) is 22.3. The number of ether oxygens (including phenoxy) is 2. The summed E-state index contributed by atoms with van der Waals surface area (Å²) in [5.74, 6) is 0.284. The first-order valence-electron chi connectivity index (χ1n) is 10.7. The molecule has 0 spiro atoms. The lowest BCUT2D eigenvalue weighted by atomic mass is 9.89. The summed E-state index contributed by atoms with van der Waals surface area (Å²) in [6.07, 6.45) is 1.63. The smallest absolute Gasteiger partial charge is 0.269 e. The van der Waals surface area contributed by atoms with Crippen LogP contribution in [0, 0.1) is 6.92 Å². The predicted molar refractivity (Wildman–Crippen MR) is 122 cm³/mol. The lowest BCUT2D eigenvalue weighted by Crippen LogP contribution is -2.31. The monoisotopic (exact) mass is 448 g/mol. The third-order valence-electron chi connectivity index (χ3n) is 5.80. The molecule has 3 heterocycles. The predicted octanol–water partition coefficient (Wildman–Crippen LogP) is 4.86. The van der Waals surface area contributed by atoms with Crippen LogP contribution in [0.25, 0.3) is 11.0 Å². The molecule has 0 fully saturated rings. The molecule has 2 atom stereocenters. The van der Waals surface area contributed by atoms with Gasteiger partial charge in [0.1, 0.15) is 0 Å². The van der Waals surface area contributed by atoms with Crippen molar-refractivity contribution < 1.29 is 17.9 Å². The Balaban J connectivity index is 1.82. The molecule has 2 aromatic carbocycles. The van der Waals surface area contributed by atoms with Gasteiger partial charge in [-0.1, -0.05) is 48.0 Å². The fourth-order valence-corrected chi connectivity index (χ4v) is 5.86. The molecule has 0 saturated heterocycles. The molecule has 164 valence electrons. The van der Waals surface area contributed by atoms with E-state index < -0.39 is 16.3 Å². The summed E-state index contributed by atoms with van der Waals surface area (Å²) < 4.78 is 41.1. The number of aryl methyl sites for hydroxylation is 1. The van der Waals surface area contributed by atoms with Crippen LogP contribution in [0.1, 0.15) is 36.1 Å². The van der Waals surface area contributed by atoms with E-state index in [1.54, 1.807) is 42.6 Å². The van der Waals surface area contributed by atoms with Crippen molar-refractivity contribution in [1.82, 2.24) is 8.96 Å². The number of nitrogens with zero attached hydrogens (tertiary/aromatic N) is 2. The number of aromatic nitrogens is 2. The van der Waals surface area contributed by atoms with Crippen LogP contribution < -0.4 is 4.74 Å². The van der Waals surface area contributed by atoms with Gasteiger partial charge in [0, 0.05) is 25.1 Å². The second kappa shape index (κ2) is 8.07. The van der Waals surface area contributed by atoms with Crippen molar-refractivity contribution >= 4 is 21.1 Å². The van der Waals surface area contributed by atoms with Gasteiger partial charge in [-0.3, -0.25) is 0 Å². The van der Waals surface area contributed by atoms with Gasteiger partial charge in [0.15, 0.2) is 11.4 Å². The second-order valence-electron chi connectivity index (χ2n) is 7.87. The zero-order valence-electron chi connectivity index (χ0n) is 17.9. The third kappa shape index (κ3) is 3.38. The van der Waals surface area contributed by atoms with Gasteiger partial charge in [-0.15, -0.1) is 0 Å². The molecular weight excluding hydrogens is 424 g/mol. The molecule has 32 heavy (non-hydrogen) atoms. The Bertz CT molecular complexity index is 1360. The van der Waals surface area contributed by atoms with Crippen LogP contribution in [0.3, 0.4) is 0 Å². The first-order chi connectivity index (χ1) is 15.5. The Morgan fingerprint density at radius 3 is 2.53 bits per heavy atom. The zero-order valence-corrected chi connectivity index (χ0v) is 18.7. The fourth-order valence-electron chi connectivity index (χ4n) is 4.31. The van der Waals surface area contributed by atoms with Crippen LogP contribution in [0.2, 0.25) is 0 Å². The average molecular weight is 449 g/mol. The van der Waals surface area contributed by atoms with Crippen molar-refractivity contribution in [1.29, 1.82) is 0 Å². The summed E-state index contributed by atoms with van der Waals surface area (Å²) in [4.78, 5) is 4.66. The maximum absolute atomic E-state index is 13.9. The van der Waals surface area contributed by atoms with E-state index in [0.717, 1.165) is 11.1 Å². The number of fused-ring (bicyclic) bond motifs is 3. The van der Waals surface area contributed by atoms with Crippen LogP contribution >= 0.6 is 0 Å². The van der Waals surface area contributed by atoms with Crippen LogP contribution in [0.4, 0.5) is 0 Å². The van der Waals surface area contributed by atoms with Crippen molar-refractivity contribution in [2.45, 2.75) is 37.4 Å².